The second kappa shape index (κ2) is 9.59. The summed E-state index contributed by atoms with van der Waals surface area (Å²) in [6.07, 6.45) is 5.17. The Hall–Kier alpha value is -3.12. The fraction of sp³-hybridized carbons (Fsp3) is 0.292. The van der Waals surface area contributed by atoms with Crippen molar-refractivity contribution >= 4 is 5.91 Å². The molecule has 30 heavy (non-hydrogen) atoms. The SMILES string of the molecule is O=C(N[C@H]1CCN(CCc2ccc(F)cc2)C1)C(c1ccccn1)c1ccccn1. The number of benzene rings is 1. The maximum Gasteiger partial charge on any atom is 0.235 e. The monoisotopic (exact) mass is 404 g/mol. The minimum atomic E-state index is -0.527. The lowest BCUT2D eigenvalue weighted by Crippen LogP contribution is -2.40. The lowest BCUT2D eigenvalue weighted by atomic mass is 9.98. The molecule has 0 radical (unpaired) electrons. The Morgan fingerprint density at radius 1 is 1.03 bits per heavy atom. The molecule has 1 N–H and O–H groups in total. The molecule has 1 amide bonds. The second-order valence-electron chi connectivity index (χ2n) is 7.61. The summed E-state index contributed by atoms with van der Waals surface area (Å²) >= 11 is 0. The number of hydrogen-bond acceptors (Lipinski definition) is 4. The van der Waals surface area contributed by atoms with Gasteiger partial charge in [-0.3, -0.25) is 14.8 Å². The van der Waals surface area contributed by atoms with Gasteiger partial charge in [0, 0.05) is 38.1 Å². The van der Waals surface area contributed by atoms with Crippen molar-refractivity contribution in [3.8, 4) is 0 Å². The summed E-state index contributed by atoms with van der Waals surface area (Å²) in [7, 11) is 0. The molecule has 1 fully saturated rings. The lowest BCUT2D eigenvalue weighted by molar-refractivity contribution is -0.122. The van der Waals surface area contributed by atoms with Gasteiger partial charge >= 0.3 is 0 Å². The predicted octanol–water partition coefficient (Wildman–Crippen LogP) is 3.18. The van der Waals surface area contributed by atoms with Gasteiger partial charge in [0.2, 0.25) is 5.91 Å². The van der Waals surface area contributed by atoms with Crippen LogP contribution in [0.4, 0.5) is 4.39 Å². The Kier molecular flexibility index (Phi) is 6.44. The molecule has 2 aromatic heterocycles. The van der Waals surface area contributed by atoms with Gasteiger partial charge in [-0.25, -0.2) is 4.39 Å². The van der Waals surface area contributed by atoms with Gasteiger partial charge in [0.25, 0.3) is 0 Å². The average Bonchev–Trinajstić information content (AvgIpc) is 3.22. The number of amides is 1. The van der Waals surface area contributed by atoms with Crippen LogP contribution in [-0.2, 0) is 11.2 Å². The van der Waals surface area contributed by atoms with Crippen LogP contribution in [0, 0.1) is 5.82 Å². The van der Waals surface area contributed by atoms with E-state index in [0.29, 0.717) is 11.4 Å². The molecule has 3 aromatic rings. The van der Waals surface area contributed by atoms with Gasteiger partial charge in [0.1, 0.15) is 11.7 Å². The van der Waals surface area contributed by atoms with Crippen LogP contribution in [0.5, 0.6) is 0 Å². The summed E-state index contributed by atoms with van der Waals surface area (Å²) < 4.78 is 13.1. The number of rotatable bonds is 7. The summed E-state index contributed by atoms with van der Waals surface area (Å²) in [6.45, 7) is 2.63. The minimum absolute atomic E-state index is 0.0715. The van der Waals surface area contributed by atoms with E-state index >= 15 is 0 Å². The number of pyridine rings is 2. The molecule has 1 atom stereocenters. The quantitative estimate of drug-likeness (QED) is 0.657. The van der Waals surface area contributed by atoms with E-state index in [4.69, 9.17) is 0 Å². The first kappa shape index (κ1) is 20.2. The molecule has 6 heteroatoms. The molecule has 154 valence electrons. The number of aromatic nitrogens is 2. The van der Waals surface area contributed by atoms with Gasteiger partial charge in [-0.1, -0.05) is 24.3 Å². The average molecular weight is 404 g/mol. The predicted molar refractivity (Wildman–Crippen MR) is 113 cm³/mol. The highest BCUT2D eigenvalue weighted by atomic mass is 19.1. The topological polar surface area (TPSA) is 58.1 Å². The lowest BCUT2D eigenvalue weighted by Gasteiger charge is -2.20. The number of hydrogen-bond donors (Lipinski definition) is 1. The second-order valence-corrected chi connectivity index (χ2v) is 7.61. The van der Waals surface area contributed by atoms with Crippen LogP contribution in [0.15, 0.2) is 73.1 Å². The number of carbonyl (C=O) groups is 1. The zero-order valence-electron chi connectivity index (χ0n) is 16.7. The zero-order chi connectivity index (χ0) is 20.8. The van der Waals surface area contributed by atoms with Gasteiger partial charge in [-0.2, -0.15) is 0 Å². The maximum atomic E-state index is 13.2. The summed E-state index contributed by atoms with van der Waals surface area (Å²) in [5.41, 5.74) is 2.51. The van der Waals surface area contributed by atoms with Crippen LogP contribution in [0.2, 0.25) is 0 Å². The van der Waals surface area contributed by atoms with Crippen molar-refractivity contribution in [2.24, 2.45) is 0 Å². The van der Waals surface area contributed by atoms with E-state index in [0.717, 1.165) is 38.0 Å². The van der Waals surface area contributed by atoms with Gasteiger partial charge in [-0.15, -0.1) is 0 Å². The van der Waals surface area contributed by atoms with E-state index in [2.05, 4.69) is 20.2 Å². The van der Waals surface area contributed by atoms with Gasteiger partial charge in [0.15, 0.2) is 0 Å². The van der Waals surface area contributed by atoms with E-state index in [1.54, 1.807) is 12.4 Å². The summed E-state index contributed by atoms with van der Waals surface area (Å²) in [5, 5.41) is 3.20. The highest BCUT2D eigenvalue weighted by Crippen LogP contribution is 2.22. The summed E-state index contributed by atoms with van der Waals surface area (Å²) in [6, 6.07) is 17.9. The number of carbonyl (C=O) groups excluding carboxylic acids is 1. The van der Waals surface area contributed by atoms with Crippen LogP contribution < -0.4 is 5.32 Å². The first-order valence-electron chi connectivity index (χ1n) is 10.3. The molecule has 1 aliphatic heterocycles. The van der Waals surface area contributed by atoms with Crippen LogP contribution in [-0.4, -0.2) is 46.5 Å². The van der Waals surface area contributed by atoms with Crippen LogP contribution >= 0.6 is 0 Å². The third-order valence-corrected chi connectivity index (χ3v) is 5.48. The van der Waals surface area contributed by atoms with Crippen molar-refractivity contribution in [3.63, 3.8) is 0 Å². The zero-order valence-corrected chi connectivity index (χ0v) is 16.7. The van der Waals surface area contributed by atoms with Crippen LogP contribution in [0.25, 0.3) is 0 Å². The molecule has 1 aromatic carbocycles. The molecule has 4 rings (SSSR count). The first-order valence-corrected chi connectivity index (χ1v) is 10.3. The molecule has 0 aliphatic carbocycles. The third-order valence-electron chi connectivity index (χ3n) is 5.48. The highest BCUT2D eigenvalue weighted by molar-refractivity contribution is 5.86. The molecular formula is C24H25FN4O. The van der Waals surface area contributed by atoms with E-state index < -0.39 is 5.92 Å². The fourth-order valence-corrected chi connectivity index (χ4v) is 3.89. The van der Waals surface area contributed by atoms with E-state index in [1.807, 2.05) is 48.5 Å². The largest absolute Gasteiger partial charge is 0.351 e. The molecule has 3 heterocycles. The van der Waals surface area contributed by atoms with E-state index in [-0.39, 0.29) is 17.8 Å². The van der Waals surface area contributed by atoms with Crippen molar-refractivity contribution in [3.05, 3.63) is 95.8 Å². The fourth-order valence-electron chi connectivity index (χ4n) is 3.89. The molecule has 0 unspecified atom stereocenters. The molecule has 0 bridgehead atoms. The number of halogens is 1. The Morgan fingerprint density at radius 3 is 2.30 bits per heavy atom. The molecule has 1 aliphatic rings. The van der Waals surface area contributed by atoms with Crippen molar-refractivity contribution in [1.82, 2.24) is 20.2 Å². The van der Waals surface area contributed by atoms with Gasteiger partial charge < -0.3 is 10.2 Å². The van der Waals surface area contributed by atoms with Gasteiger partial charge in [-0.05, 0) is 54.8 Å². The highest BCUT2D eigenvalue weighted by Gasteiger charge is 2.30. The van der Waals surface area contributed by atoms with Gasteiger partial charge in [0.05, 0.1) is 11.4 Å². The molecular weight excluding hydrogens is 379 g/mol. The first-order chi connectivity index (χ1) is 14.7. The molecule has 5 nitrogen and oxygen atoms in total. The third kappa shape index (κ3) is 5.07. The van der Waals surface area contributed by atoms with E-state index in [1.165, 1.54) is 12.1 Å². The minimum Gasteiger partial charge on any atom is -0.351 e. The van der Waals surface area contributed by atoms with Crippen molar-refractivity contribution in [2.75, 3.05) is 19.6 Å². The van der Waals surface area contributed by atoms with E-state index in [9.17, 15) is 9.18 Å². The molecule has 1 saturated heterocycles. The Bertz CT molecular complexity index is 910. The summed E-state index contributed by atoms with van der Waals surface area (Å²) in [4.78, 5) is 24.3. The van der Waals surface area contributed by atoms with Crippen LogP contribution in [0.1, 0.15) is 29.3 Å². The normalized spacial score (nSPS) is 16.7. The Labute approximate surface area is 176 Å². The number of likely N-dealkylation sites (tertiary alicyclic amines) is 1. The van der Waals surface area contributed by atoms with Crippen LogP contribution in [0.3, 0.4) is 0 Å². The Morgan fingerprint density at radius 2 is 1.70 bits per heavy atom. The maximum absolute atomic E-state index is 13.2. The molecule has 0 spiro atoms. The smallest absolute Gasteiger partial charge is 0.235 e. The van der Waals surface area contributed by atoms with Crippen molar-refractivity contribution < 1.29 is 9.18 Å². The van der Waals surface area contributed by atoms with Crippen molar-refractivity contribution in [2.45, 2.75) is 24.8 Å². The Balaban J connectivity index is 1.37. The van der Waals surface area contributed by atoms with Crippen molar-refractivity contribution in [1.29, 1.82) is 0 Å². The standard InChI is InChI=1S/C24H25FN4O/c25-19-9-7-18(8-10-19)11-15-29-16-12-20(17-29)28-24(30)23(21-5-1-3-13-26-21)22-6-2-4-14-27-22/h1-10,13-14,20,23H,11-12,15-17H2,(H,28,30)/t20-/m0/s1. The number of nitrogens with zero attached hydrogens (tertiary/aromatic N) is 3. The molecule has 0 saturated carbocycles. The number of nitrogens with one attached hydrogen (secondary N) is 1. The summed E-state index contributed by atoms with van der Waals surface area (Å²) in [5.74, 6) is -0.809.